The normalized spacial score (nSPS) is 11.2. The van der Waals surface area contributed by atoms with Gasteiger partial charge in [0.1, 0.15) is 12.4 Å². The summed E-state index contributed by atoms with van der Waals surface area (Å²) < 4.78 is 5.92. The summed E-state index contributed by atoms with van der Waals surface area (Å²) >= 11 is 0. The molecule has 2 aromatic carbocycles. The lowest BCUT2D eigenvalue weighted by Crippen LogP contribution is -2.24. The maximum atomic E-state index is 5.92. The van der Waals surface area contributed by atoms with Crippen LogP contribution in [-0.4, -0.2) is 35.1 Å². The Morgan fingerprint density at radius 3 is 2.67 bits per heavy atom. The maximum Gasteiger partial charge on any atom is 0.122 e. The summed E-state index contributed by atoms with van der Waals surface area (Å²) in [4.78, 5) is 11.3. The van der Waals surface area contributed by atoms with E-state index in [0.717, 1.165) is 35.6 Å². The van der Waals surface area contributed by atoms with Crippen molar-refractivity contribution in [2.45, 2.75) is 20.4 Å². The van der Waals surface area contributed by atoms with E-state index in [9.17, 15) is 0 Å². The molecule has 1 aromatic heterocycles. The minimum Gasteiger partial charge on any atom is -0.492 e. The Labute approximate surface area is 143 Å². The number of rotatable bonds is 6. The van der Waals surface area contributed by atoms with Gasteiger partial charge in [-0.25, -0.2) is 4.98 Å². The molecule has 1 heterocycles. The van der Waals surface area contributed by atoms with Gasteiger partial charge in [0.05, 0.1) is 22.9 Å². The van der Waals surface area contributed by atoms with Crippen molar-refractivity contribution in [1.82, 2.24) is 14.9 Å². The van der Waals surface area contributed by atoms with Crippen LogP contribution in [0.3, 0.4) is 0 Å². The van der Waals surface area contributed by atoms with E-state index in [0.29, 0.717) is 6.61 Å². The SMILES string of the molecule is Cc1ccc(C)c(OCCN(C)Cc2cnc3ccccc3n2)c1. The molecule has 0 saturated carbocycles. The fourth-order valence-electron chi connectivity index (χ4n) is 2.60. The summed E-state index contributed by atoms with van der Waals surface area (Å²) in [5.41, 5.74) is 5.24. The molecule has 0 amide bonds. The first-order valence-electron chi connectivity index (χ1n) is 8.21. The standard InChI is InChI=1S/C20H23N3O/c1-15-8-9-16(2)20(12-15)24-11-10-23(3)14-17-13-21-18-6-4-5-7-19(18)22-17/h4-9,12-13H,10-11,14H2,1-3H3. The third kappa shape index (κ3) is 4.09. The summed E-state index contributed by atoms with van der Waals surface area (Å²) in [6, 6.07) is 14.2. The van der Waals surface area contributed by atoms with E-state index in [1.807, 2.05) is 30.5 Å². The van der Waals surface area contributed by atoms with Gasteiger partial charge < -0.3 is 4.74 Å². The molecule has 0 aliphatic carbocycles. The van der Waals surface area contributed by atoms with E-state index >= 15 is 0 Å². The zero-order valence-corrected chi connectivity index (χ0v) is 14.5. The molecule has 24 heavy (non-hydrogen) atoms. The second-order valence-corrected chi connectivity index (χ2v) is 6.21. The maximum absolute atomic E-state index is 5.92. The number of fused-ring (bicyclic) bond motifs is 1. The average Bonchev–Trinajstić information content (AvgIpc) is 2.58. The molecule has 0 bridgehead atoms. The molecule has 0 spiro atoms. The second-order valence-electron chi connectivity index (χ2n) is 6.21. The minimum absolute atomic E-state index is 0.655. The first-order valence-corrected chi connectivity index (χ1v) is 8.21. The molecule has 0 aliphatic rings. The molecule has 0 atom stereocenters. The third-order valence-corrected chi connectivity index (χ3v) is 4.00. The predicted octanol–water partition coefficient (Wildman–Crippen LogP) is 3.76. The zero-order valence-electron chi connectivity index (χ0n) is 14.5. The van der Waals surface area contributed by atoms with Crippen LogP contribution in [0.15, 0.2) is 48.7 Å². The van der Waals surface area contributed by atoms with Crippen LogP contribution >= 0.6 is 0 Å². The van der Waals surface area contributed by atoms with Crippen molar-refractivity contribution in [1.29, 1.82) is 0 Å². The number of benzene rings is 2. The largest absolute Gasteiger partial charge is 0.492 e. The monoisotopic (exact) mass is 321 g/mol. The highest BCUT2D eigenvalue weighted by molar-refractivity contribution is 5.73. The summed E-state index contributed by atoms with van der Waals surface area (Å²) in [6.07, 6.45) is 1.85. The molecule has 124 valence electrons. The van der Waals surface area contributed by atoms with Crippen LogP contribution in [-0.2, 0) is 6.54 Å². The molecule has 0 unspecified atom stereocenters. The third-order valence-electron chi connectivity index (χ3n) is 4.00. The van der Waals surface area contributed by atoms with Crippen molar-refractivity contribution in [3.8, 4) is 5.75 Å². The highest BCUT2D eigenvalue weighted by Crippen LogP contribution is 2.19. The lowest BCUT2D eigenvalue weighted by atomic mass is 10.1. The smallest absolute Gasteiger partial charge is 0.122 e. The molecule has 4 heteroatoms. The van der Waals surface area contributed by atoms with Crippen molar-refractivity contribution in [2.75, 3.05) is 20.2 Å². The first-order chi connectivity index (χ1) is 11.6. The van der Waals surface area contributed by atoms with Crippen LogP contribution in [0, 0.1) is 13.8 Å². The number of likely N-dealkylation sites (N-methyl/N-ethyl adjacent to an activating group) is 1. The van der Waals surface area contributed by atoms with Gasteiger partial charge in [0.15, 0.2) is 0 Å². The number of para-hydroxylation sites is 2. The zero-order chi connectivity index (χ0) is 16.9. The van der Waals surface area contributed by atoms with Crippen LogP contribution in [0.2, 0.25) is 0 Å². The van der Waals surface area contributed by atoms with Gasteiger partial charge in [-0.05, 0) is 50.2 Å². The highest BCUT2D eigenvalue weighted by atomic mass is 16.5. The Kier molecular flexibility index (Phi) is 5.06. The van der Waals surface area contributed by atoms with E-state index in [1.165, 1.54) is 11.1 Å². The van der Waals surface area contributed by atoms with Crippen molar-refractivity contribution in [2.24, 2.45) is 0 Å². The highest BCUT2D eigenvalue weighted by Gasteiger charge is 2.05. The van der Waals surface area contributed by atoms with Crippen LogP contribution in [0.4, 0.5) is 0 Å². The molecular formula is C20H23N3O. The number of aryl methyl sites for hydroxylation is 2. The van der Waals surface area contributed by atoms with Crippen molar-refractivity contribution >= 4 is 11.0 Å². The minimum atomic E-state index is 0.655. The summed E-state index contributed by atoms with van der Waals surface area (Å²) in [6.45, 7) is 6.40. The molecule has 0 N–H and O–H groups in total. The van der Waals surface area contributed by atoms with Crippen molar-refractivity contribution < 1.29 is 4.74 Å². The number of hydrogen-bond acceptors (Lipinski definition) is 4. The fourth-order valence-corrected chi connectivity index (χ4v) is 2.60. The van der Waals surface area contributed by atoms with Crippen LogP contribution in [0.5, 0.6) is 5.75 Å². The van der Waals surface area contributed by atoms with E-state index in [2.05, 4.69) is 54.0 Å². The Morgan fingerprint density at radius 2 is 1.83 bits per heavy atom. The Balaban J connectivity index is 1.55. The Morgan fingerprint density at radius 1 is 1.04 bits per heavy atom. The van der Waals surface area contributed by atoms with Gasteiger partial charge in [-0.2, -0.15) is 0 Å². The fraction of sp³-hybridized carbons (Fsp3) is 0.300. The average molecular weight is 321 g/mol. The van der Waals surface area contributed by atoms with Crippen LogP contribution < -0.4 is 4.74 Å². The topological polar surface area (TPSA) is 38.2 Å². The lowest BCUT2D eigenvalue weighted by molar-refractivity contribution is 0.230. The number of ether oxygens (including phenoxy) is 1. The summed E-state index contributed by atoms with van der Waals surface area (Å²) in [5.74, 6) is 0.967. The second kappa shape index (κ2) is 7.41. The van der Waals surface area contributed by atoms with Gasteiger partial charge >= 0.3 is 0 Å². The van der Waals surface area contributed by atoms with Crippen LogP contribution in [0.1, 0.15) is 16.8 Å². The molecule has 3 rings (SSSR count). The van der Waals surface area contributed by atoms with Gasteiger partial charge in [-0.1, -0.05) is 24.3 Å². The molecule has 0 aliphatic heterocycles. The molecular weight excluding hydrogens is 298 g/mol. The molecule has 3 aromatic rings. The quantitative estimate of drug-likeness (QED) is 0.693. The van der Waals surface area contributed by atoms with Gasteiger partial charge in [0.2, 0.25) is 0 Å². The number of aromatic nitrogens is 2. The van der Waals surface area contributed by atoms with E-state index in [4.69, 9.17) is 4.74 Å². The lowest BCUT2D eigenvalue weighted by Gasteiger charge is -2.17. The Bertz CT molecular complexity index is 832. The number of nitrogens with zero attached hydrogens (tertiary/aromatic N) is 3. The van der Waals surface area contributed by atoms with E-state index in [-0.39, 0.29) is 0 Å². The van der Waals surface area contributed by atoms with Gasteiger partial charge in [-0.15, -0.1) is 0 Å². The summed E-state index contributed by atoms with van der Waals surface area (Å²) in [7, 11) is 2.07. The summed E-state index contributed by atoms with van der Waals surface area (Å²) in [5, 5.41) is 0. The van der Waals surface area contributed by atoms with Crippen LogP contribution in [0.25, 0.3) is 11.0 Å². The van der Waals surface area contributed by atoms with Crippen molar-refractivity contribution in [3.63, 3.8) is 0 Å². The molecule has 0 saturated heterocycles. The van der Waals surface area contributed by atoms with Gasteiger partial charge in [-0.3, -0.25) is 9.88 Å². The van der Waals surface area contributed by atoms with E-state index in [1.54, 1.807) is 0 Å². The molecule has 4 nitrogen and oxygen atoms in total. The van der Waals surface area contributed by atoms with Gasteiger partial charge in [0, 0.05) is 13.1 Å². The first kappa shape index (κ1) is 16.4. The molecule has 0 radical (unpaired) electrons. The number of hydrogen-bond donors (Lipinski definition) is 0. The predicted molar refractivity (Wildman–Crippen MR) is 97.3 cm³/mol. The Hall–Kier alpha value is -2.46. The molecule has 0 fully saturated rings. The van der Waals surface area contributed by atoms with Crippen molar-refractivity contribution in [3.05, 3.63) is 65.5 Å². The van der Waals surface area contributed by atoms with E-state index < -0.39 is 0 Å². The van der Waals surface area contributed by atoms with Gasteiger partial charge in [0.25, 0.3) is 0 Å².